The van der Waals surface area contributed by atoms with E-state index in [9.17, 15) is 9.59 Å². The molecule has 0 aliphatic carbocycles. The minimum absolute atomic E-state index is 0.220. The van der Waals surface area contributed by atoms with Crippen molar-refractivity contribution in [3.8, 4) is 5.69 Å². The van der Waals surface area contributed by atoms with Gasteiger partial charge in [-0.05, 0) is 75.6 Å². The van der Waals surface area contributed by atoms with E-state index in [1.54, 1.807) is 17.9 Å². The first-order valence-corrected chi connectivity index (χ1v) is 11.9. The van der Waals surface area contributed by atoms with Crippen molar-refractivity contribution in [2.24, 2.45) is 0 Å². The number of nitrogens with zero attached hydrogens (tertiary/aromatic N) is 2. The van der Waals surface area contributed by atoms with Crippen molar-refractivity contribution in [1.29, 1.82) is 0 Å². The molecule has 1 amide bonds. The molecule has 0 bridgehead atoms. The van der Waals surface area contributed by atoms with Gasteiger partial charge in [0.1, 0.15) is 0 Å². The number of aryl methyl sites for hydroxylation is 2. The van der Waals surface area contributed by atoms with Gasteiger partial charge in [0.05, 0.1) is 24.3 Å². The Morgan fingerprint density at radius 1 is 1.03 bits per heavy atom. The van der Waals surface area contributed by atoms with Crippen molar-refractivity contribution in [3.63, 3.8) is 0 Å². The van der Waals surface area contributed by atoms with Gasteiger partial charge in [0.2, 0.25) is 0 Å². The fraction of sp³-hybridized carbons (Fsp3) is 0.241. The van der Waals surface area contributed by atoms with Crippen LogP contribution < -0.4 is 0 Å². The standard InChI is InChI=1S/C29H29ClN2O3/c1-17-12-13-24(16-26(17)30)31-18(2)14-23(20(31)4)15-25-27(29(34)35-6)21(5)32(28(25)33)19(3)22-10-8-7-9-11-22/h7-16,19H,1-6H3/b25-15-/t19-/m1/s1. The van der Waals surface area contributed by atoms with Crippen LogP contribution in [-0.4, -0.2) is 28.5 Å². The van der Waals surface area contributed by atoms with Crippen LogP contribution >= 0.6 is 11.6 Å². The summed E-state index contributed by atoms with van der Waals surface area (Å²) in [7, 11) is 1.33. The van der Waals surface area contributed by atoms with E-state index in [4.69, 9.17) is 16.3 Å². The van der Waals surface area contributed by atoms with E-state index in [-0.39, 0.29) is 11.9 Å². The SMILES string of the molecule is COC(=O)C1=C(C)N([C@H](C)c2ccccc2)C(=O)/C1=C\c1cc(C)n(-c2ccc(C)c(Cl)c2)c1C. The maximum absolute atomic E-state index is 13.7. The Kier molecular flexibility index (Phi) is 6.73. The first kappa shape index (κ1) is 24.6. The number of methoxy groups -OCH3 is 1. The summed E-state index contributed by atoms with van der Waals surface area (Å²) in [6.45, 7) is 9.72. The van der Waals surface area contributed by atoms with Crippen molar-refractivity contribution in [2.45, 2.75) is 40.7 Å². The summed E-state index contributed by atoms with van der Waals surface area (Å²) in [5.74, 6) is -0.744. The summed E-state index contributed by atoms with van der Waals surface area (Å²) in [6.07, 6.45) is 1.80. The van der Waals surface area contributed by atoms with Crippen LogP contribution in [0.4, 0.5) is 0 Å². The Hall–Kier alpha value is -3.57. The average Bonchev–Trinajstić information content (AvgIpc) is 3.26. The summed E-state index contributed by atoms with van der Waals surface area (Å²) in [5.41, 5.74) is 6.94. The van der Waals surface area contributed by atoms with Gasteiger partial charge in [-0.3, -0.25) is 4.79 Å². The molecular formula is C29H29ClN2O3. The summed E-state index contributed by atoms with van der Waals surface area (Å²) in [6, 6.07) is 17.5. The zero-order valence-corrected chi connectivity index (χ0v) is 21.6. The molecule has 0 N–H and O–H groups in total. The highest BCUT2D eigenvalue weighted by atomic mass is 35.5. The highest BCUT2D eigenvalue weighted by molar-refractivity contribution is 6.31. The molecule has 6 heteroatoms. The Balaban J connectivity index is 1.82. The third-order valence-corrected chi connectivity index (χ3v) is 7.09. The quantitative estimate of drug-likeness (QED) is 0.304. The van der Waals surface area contributed by atoms with Crippen LogP contribution in [0.25, 0.3) is 11.8 Å². The number of allylic oxidation sites excluding steroid dienone is 1. The van der Waals surface area contributed by atoms with E-state index in [2.05, 4.69) is 4.57 Å². The number of hydrogen-bond donors (Lipinski definition) is 0. The van der Waals surface area contributed by atoms with E-state index in [0.29, 0.717) is 21.9 Å². The number of rotatable bonds is 5. The lowest BCUT2D eigenvalue weighted by molar-refractivity contribution is -0.136. The molecule has 0 radical (unpaired) electrons. The molecule has 1 atom stereocenters. The van der Waals surface area contributed by atoms with Crippen molar-refractivity contribution >= 4 is 29.6 Å². The van der Waals surface area contributed by atoms with Gasteiger partial charge in [0, 0.05) is 27.8 Å². The summed E-state index contributed by atoms with van der Waals surface area (Å²) >= 11 is 6.38. The first-order valence-electron chi connectivity index (χ1n) is 11.5. The van der Waals surface area contributed by atoms with Gasteiger partial charge in [0.25, 0.3) is 5.91 Å². The summed E-state index contributed by atoms with van der Waals surface area (Å²) in [4.78, 5) is 28.2. The summed E-state index contributed by atoms with van der Waals surface area (Å²) < 4.78 is 7.16. The van der Waals surface area contributed by atoms with Gasteiger partial charge in [-0.2, -0.15) is 0 Å². The van der Waals surface area contributed by atoms with Crippen molar-refractivity contribution in [1.82, 2.24) is 9.47 Å². The van der Waals surface area contributed by atoms with Gasteiger partial charge in [-0.1, -0.05) is 48.0 Å². The Bertz CT molecular complexity index is 1380. The van der Waals surface area contributed by atoms with Crippen molar-refractivity contribution in [2.75, 3.05) is 7.11 Å². The molecule has 4 rings (SSSR count). The zero-order valence-electron chi connectivity index (χ0n) is 20.8. The second kappa shape index (κ2) is 9.59. The van der Waals surface area contributed by atoms with Crippen molar-refractivity contribution < 1.29 is 14.3 Å². The molecule has 2 heterocycles. The number of ether oxygens (including phenoxy) is 1. The molecule has 0 saturated carbocycles. The maximum atomic E-state index is 13.7. The molecule has 0 fully saturated rings. The molecule has 1 aromatic heterocycles. The second-order valence-electron chi connectivity index (χ2n) is 8.87. The van der Waals surface area contributed by atoms with Crippen LogP contribution in [0.2, 0.25) is 5.02 Å². The lowest BCUT2D eigenvalue weighted by Crippen LogP contribution is -2.28. The Morgan fingerprint density at radius 2 is 1.71 bits per heavy atom. The van der Waals surface area contributed by atoms with Crippen LogP contribution in [0.1, 0.15) is 48.0 Å². The van der Waals surface area contributed by atoms with E-state index in [1.807, 2.05) is 82.3 Å². The lowest BCUT2D eigenvalue weighted by Gasteiger charge is -2.26. The van der Waals surface area contributed by atoms with Crippen LogP contribution in [0.3, 0.4) is 0 Å². The first-order chi connectivity index (χ1) is 16.6. The molecular weight excluding hydrogens is 460 g/mol. The molecule has 180 valence electrons. The fourth-order valence-corrected chi connectivity index (χ4v) is 4.93. The number of esters is 1. The van der Waals surface area contributed by atoms with Gasteiger partial charge >= 0.3 is 5.97 Å². The van der Waals surface area contributed by atoms with Crippen LogP contribution in [-0.2, 0) is 14.3 Å². The number of carbonyl (C=O) groups is 2. The zero-order chi connectivity index (χ0) is 25.4. The van der Waals surface area contributed by atoms with E-state index in [0.717, 1.165) is 33.8 Å². The number of hydrogen-bond acceptors (Lipinski definition) is 3. The molecule has 5 nitrogen and oxygen atoms in total. The molecule has 1 aliphatic rings. The largest absolute Gasteiger partial charge is 0.465 e. The number of aromatic nitrogens is 1. The van der Waals surface area contributed by atoms with Gasteiger partial charge in [-0.15, -0.1) is 0 Å². The van der Waals surface area contributed by atoms with Crippen molar-refractivity contribution in [3.05, 3.63) is 105 Å². The van der Waals surface area contributed by atoms with Crippen LogP contribution in [0.15, 0.2) is 71.4 Å². The number of carbonyl (C=O) groups excluding carboxylic acids is 2. The molecule has 0 unspecified atom stereocenters. The minimum atomic E-state index is -0.524. The Morgan fingerprint density at radius 3 is 2.34 bits per heavy atom. The molecule has 1 aliphatic heterocycles. The van der Waals surface area contributed by atoms with E-state index < -0.39 is 5.97 Å². The lowest BCUT2D eigenvalue weighted by atomic mass is 10.0. The average molecular weight is 489 g/mol. The van der Waals surface area contributed by atoms with Gasteiger partial charge in [-0.25, -0.2) is 4.79 Å². The predicted octanol–water partition coefficient (Wildman–Crippen LogP) is 6.49. The molecule has 2 aromatic carbocycles. The summed E-state index contributed by atoms with van der Waals surface area (Å²) in [5, 5.41) is 0.693. The Labute approximate surface area is 211 Å². The third-order valence-electron chi connectivity index (χ3n) is 6.68. The van der Waals surface area contributed by atoms with Gasteiger partial charge in [0.15, 0.2) is 0 Å². The van der Waals surface area contributed by atoms with Gasteiger partial charge < -0.3 is 14.2 Å². The van der Waals surface area contributed by atoms with Crippen LogP contribution in [0, 0.1) is 20.8 Å². The highest BCUT2D eigenvalue weighted by Gasteiger charge is 2.39. The molecule has 0 saturated heterocycles. The maximum Gasteiger partial charge on any atom is 0.340 e. The molecule has 35 heavy (non-hydrogen) atoms. The highest BCUT2D eigenvalue weighted by Crippen LogP contribution is 2.38. The fourth-order valence-electron chi connectivity index (χ4n) is 4.75. The molecule has 3 aromatic rings. The number of benzene rings is 2. The minimum Gasteiger partial charge on any atom is -0.465 e. The number of amides is 1. The van der Waals surface area contributed by atoms with E-state index >= 15 is 0 Å². The predicted molar refractivity (Wildman–Crippen MR) is 139 cm³/mol. The van der Waals surface area contributed by atoms with E-state index in [1.165, 1.54) is 7.11 Å². The normalized spacial score (nSPS) is 15.8. The monoisotopic (exact) mass is 488 g/mol. The smallest absolute Gasteiger partial charge is 0.340 e. The number of halogens is 1. The second-order valence-corrected chi connectivity index (χ2v) is 9.27. The topological polar surface area (TPSA) is 51.5 Å². The third kappa shape index (κ3) is 4.32. The molecule has 0 spiro atoms. The van der Waals surface area contributed by atoms with Crippen LogP contribution in [0.5, 0.6) is 0 Å².